The molecule has 2 N–H and O–H groups in total. The fourth-order valence-corrected chi connectivity index (χ4v) is 0.675. The highest BCUT2D eigenvalue weighted by atomic mass is 16.5. The molecule has 1 aliphatic heterocycles. The van der Waals surface area contributed by atoms with Gasteiger partial charge in [-0.3, -0.25) is 4.79 Å². The molecule has 0 saturated carbocycles. The molecule has 1 unspecified atom stereocenters. The van der Waals surface area contributed by atoms with Crippen molar-refractivity contribution in [2.24, 2.45) is 5.73 Å². The fraction of sp³-hybridized carbons (Fsp3) is 0.800. The number of nitrogens with two attached hydrogens (primary N) is 1. The monoisotopic (exact) mass is 115 g/mol. The zero-order valence-electron chi connectivity index (χ0n) is 4.76. The van der Waals surface area contributed by atoms with E-state index in [-0.39, 0.29) is 24.5 Å². The Morgan fingerprint density at radius 2 is 2.50 bits per heavy atom. The number of Topliss-reactive ketones (excluding diaryl/α,β-unsaturated/α-hetero) is 1. The minimum Gasteiger partial charge on any atom is -0.369 e. The first-order chi connectivity index (χ1) is 3.72. The zero-order chi connectivity index (χ0) is 6.15. The predicted molar refractivity (Wildman–Crippen MR) is 28.4 cm³/mol. The summed E-state index contributed by atoms with van der Waals surface area (Å²) in [7, 11) is 0. The van der Waals surface area contributed by atoms with Crippen LogP contribution in [0.2, 0.25) is 0 Å². The highest BCUT2D eigenvalue weighted by molar-refractivity contribution is 5.87. The molecule has 3 heteroatoms. The molecule has 1 heterocycles. The van der Waals surface area contributed by atoms with Crippen molar-refractivity contribution in [3.63, 3.8) is 0 Å². The van der Waals surface area contributed by atoms with E-state index in [2.05, 4.69) is 0 Å². The van der Waals surface area contributed by atoms with E-state index < -0.39 is 0 Å². The highest BCUT2D eigenvalue weighted by Gasteiger charge is 2.28. The molecule has 0 bridgehead atoms. The van der Waals surface area contributed by atoms with Crippen LogP contribution in [0.15, 0.2) is 0 Å². The van der Waals surface area contributed by atoms with Crippen LogP contribution in [0.1, 0.15) is 6.92 Å². The molecular formula is C5H9NO2. The second kappa shape index (κ2) is 1.84. The second-order valence-corrected chi connectivity index (χ2v) is 2.01. The van der Waals surface area contributed by atoms with Gasteiger partial charge in [0.1, 0.15) is 6.61 Å². The van der Waals surface area contributed by atoms with Crippen LogP contribution < -0.4 is 5.73 Å². The molecular weight excluding hydrogens is 106 g/mol. The summed E-state index contributed by atoms with van der Waals surface area (Å²) < 4.78 is 4.90. The summed E-state index contributed by atoms with van der Waals surface area (Å²) in [6, 6.07) is -0.380. The maximum absolute atomic E-state index is 10.5. The summed E-state index contributed by atoms with van der Waals surface area (Å²) in [6.07, 6.45) is -0.0810. The van der Waals surface area contributed by atoms with E-state index in [1.165, 1.54) is 0 Å². The molecule has 3 nitrogen and oxygen atoms in total. The molecule has 2 atom stereocenters. The number of ketones is 1. The lowest BCUT2D eigenvalue weighted by atomic mass is 10.2. The molecule has 1 fully saturated rings. The third-order valence-corrected chi connectivity index (χ3v) is 1.37. The summed E-state index contributed by atoms with van der Waals surface area (Å²) in [5, 5.41) is 0. The van der Waals surface area contributed by atoms with E-state index in [0.717, 1.165) is 0 Å². The van der Waals surface area contributed by atoms with E-state index in [1.807, 2.05) is 0 Å². The Bertz CT molecular complexity index is 113. The Hall–Kier alpha value is -0.410. The third-order valence-electron chi connectivity index (χ3n) is 1.37. The highest BCUT2D eigenvalue weighted by Crippen LogP contribution is 2.05. The molecule has 0 amide bonds. The van der Waals surface area contributed by atoms with E-state index >= 15 is 0 Å². The van der Waals surface area contributed by atoms with Crippen LogP contribution >= 0.6 is 0 Å². The lowest BCUT2D eigenvalue weighted by Crippen LogP contribution is -2.33. The molecule has 46 valence electrons. The minimum atomic E-state index is -0.380. The smallest absolute Gasteiger partial charge is 0.177 e. The van der Waals surface area contributed by atoms with Gasteiger partial charge in [0.05, 0.1) is 12.1 Å². The van der Waals surface area contributed by atoms with Crippen LogP contribution in [-0.2, 0) is 9.53 Å². The predicted octanol–water partition coefficient (Wildman–Crippen LogP) is -0.699. The van der Waals surface area contributed by atoms with Crippen LogP contribution in [-0.4, -0.2) is 24.5 Å². The summed E-state index contributed by atoms with van der Waals surface area (Å²) in [5.41, 5.74) is 5.35. The average molecular weight is 115 g/mol. The van der Waals surface area contributed by atoms with Crippen LogP contribution in [0.3, 0.4) is 0 Å². The van der Waals surface area contributed by atoms with Crippen molar-refractivity contribution in [3.05, 3.63) is 0 Å². The molecule has 0 aromatic rings. The summed E-state index contributed by atoms with van der Waals surface area (Å²) >= 11 is 0. The first kappa shape index (κ1) is 5.72. The van der Waals surface area contributed by atoms with Gasteiger partial charge in [0.2, 0.25) is 0 Å². The number of carbonyl (C=O) groups is 1. The summed E-state index contributed by atoms with van der Waals surface area (Å²) in [4.78, 5) is 10.5. The van der Waals surface area contributed by atoms with Crippen molar-refractivity contribution < 1.29 is 9.53 Å². The third kappa shape index (κ3) is 0.743. The Morgan fingerprint density at radius 1 is 1.88 bits per heavy atom. The maximum Gasteiger partial charge on any atom is 0.177 e. The Kier molecular flexibility index (Phi) is 1.31. The van der Waals surface area contributed by atoms with E-state index in [9.17, 15) is 4.79 Å². The van der Waals surface area contributed by atoms with Crippen LogP contribution in [0.25, 0.3) is 0 Å². The van der Waals surface area contributed by atoms with Gasteiger partial charge in [-0.2, -0.15) is 0 Å². The largest absolute Gasteiger partial charge is 0.369 e. The Balaban J connectivity index is 2.56. The van der Waals surface area contributed by atoms with Gasteiger partial charge in [-0.05, 0) is 6.92 Å². The molecule has 0 aromatic carbocycles. The van der Waals surface area contributed by atoms with Crippen molar-refractivity contribution >= 4 is 5.78 Å². The van der Waals surface area contributed by atoms with Crippen molar-refractivity contribution in [1.29, 1.82) is 0 Å². The maximum atomic E-state index is 10.5. The molecule has 1 rings (SSSR count). The number of carbonyl (C=O) groups excluding carboxylic acids is 1. The van der Waals surface area contributed by atoms with Crippen molar-refractivity contribution in [1.82, 2.24) is 0 Å². The average Bonchev–Trinajstić information content (AvgIpc) is 1.98. The summed E-state index contributed by atoms with van der Waals surface area (Å²) in [6.45, 7) is 2.00. The number of hydrogen-bond acceptors (Lipinski definition) is 3. The lowest BCUT2D eigenvalue weighted by molar-refractivity contribution is -0.118. The second-order valence-electron chi connectivity index (χ2n) is 2.01. The lowest BCUT2D eigenvalue weighted by Gasteiger charge is -2.03. The van der Waals surface area contributed by atoms with Crippen LogP contribution in [0, 0.1) is 0 Å². The van der Waals surface area contributed by atoms with E-state index in [1.54, 1.807) is 6.92 Å². The fourth-order valence-electron chi connectivity index (χ4n) is 0.675. The molecule has 1 aliphatic rings. The quantitative estimate of drug-likeness (QED) is 0.454. The molecule has 0 spiro atoms. The molecule has 0 radical (unpaired) electrons. The standard InChI is InChI=1S/C5H9NO2/c1-3-5(6)4(7)2-8-3/h3,5H,2,6H2,1H3/t3?,5-/m0/s1. The van der Waals surface area contributed by atoms with Gasteiger partial charge in [0.15, 0.2) is 5.78 Å². The number of rotatable bonds is 0. The van der Waals surface area contributed by atoms with Gasteiger partial charge < -0.3 is 10.5 Å². The van der Waals surface area contributed by atoms with Crippen molar-refractivity contribution in [2.45, 2.75) is 19.1 Å². The number of ether oxygens (including phenoxy) is 1. The SMILES string of the molecule is CC1OCC(=O)[C@H]1N. The van der Waals surface area contributed by atoms with Gasteiger partial charge in [0, 0.05) is 0 Å². The van der Waals surface area contributed by atoms with Crippen molar-refractivity contribution in [2.75, 3.05) is 6.61 Å². The first-order valence-electron chi connectivity index (χ1n) is 2.61. The normalized spacial score (nSPS) is 38.5. The minimum absolute atomic E-state index is 0.0116. The van der Waals surface area contributed by atoms with Gasteiger partial charge >= 0.3 is 0 Å². The van der Waals surface area contributed by atoms with E-state index in [4.69, 9.17) is 10.5 Å². The van der Waals surface area contributed by atoms with Crippen molar-refractivity contribution in [3.8, 4) is 0 Å². The van der Waals surface area contributed by atoms with Crippen LogP contribution in [0.4, 0.5) is 0 Å². The summed E-state index contributed by atoms with van der Waals surface area (Å²) in [5.74, 6) is 0.0116. The molecule has 8 heavy (non-hydrogen) atoms. The zero-order valence-corrected chi connectivity index (χ0v) is 4.76. The van der Waals surface area contributed by atoms with Gasteiger partial charge in [-0.1, -0.05) is 0 Å². The number of hydrogen-bond donors (Lipinski definition) is 1. The van der Waals surface area contributed by atoms with E-state index in [0.29, 0.717) is 0 Å². The molecule has 0 aromatic heterocycles. The topological polar surface area (TPSA) is 52.3 Å². The van der Waals surface area contributed by atoms with Crippen LogP contribution in [0.5, 0.6) is 0 Å². The van der Waals surface area contributed by atoms with Gasteiger partial charge in [0.25, 0.3) is 0 Å². The molecule has 1 saturated heterocycles. The Labute approximate surface area is 47.8 Å². The molecule has 0 aliphatic carbocycles. The Morgan fingerprint density at radius 3 is 2.62 bits per heavy atom. The van der Waals surface area contributed by atoms with Gasteiger partial charge in [-0.15, -0.1) is 0 Å². The van der Waals surface area contributed by atoms with Gasteiger partial charge in [-0.25, -0.2) is 0 Å². The first-order valence-corrected chi connectivity index (χ1v) is 2.61.